The molecule has 2 aromatic carbocycles. The topological polar surface area (TPSA) is 88.7 Å². The van der Waals surface area contributed by atoms with Gasteiger partial charge >= 0.3 is 0 Å². The van der Waals surface area contributed by atoms with Crippen LogP contribution in [0.15, 0.2) is 54.7 Å². The summed E-state index contributed by atoms with van der Waals surface area (Å²) in [5, 5.41) is 10.6. The molecule has 0 aliphatic carbocycles. The summed E-state index contributed by atoms with van der Waals surface area (Å²) in [6.45, 7) is 3.78. The van der Waals surface area contributed by atoms with E-state index >= 15 is 0 Å². The number of carbonyl (C=O) groups excluding carboxylic acids is 1. The summed E-state index contributed by atoms with van der Waals surface area (Å²) in [5.74, 6) is 0.923. The van der Waals surface area contributed by atoms with Gasteiger partial charge in [-0.3, -0.25) is 4.79 Å². The van der Waals surface area contributed by atoms with Crippen LogP contribution in [0, 0.1) is 11.7 Å². The molecule has 6 nitrogen and oxygen atoms in total. The third-order valence-corrected chi connectivity index (χ3v) is 6.03. The van der Waals surface area contributed by atoms with Gasteiger partial charge in [-0.1, -0.05) is 19.1 Å². The Kier molecular flexibility index (Phi) is 6.77. The van der Waals surface area contributed by atoms with Gasteiger partial charge in [-0.25, -0.2) is 9.37 Å². The molecule has 1 saturated heterocycles. The van der Waals surface area contributed by atoms with E-state index in [9.17, 15) is 14.3 Å². The van der Waals surface area contributed by atoms with Gasteiger partial charge in [0.05, 0.1) is 12.2 Å². The zero-order valence-corrected chi connectivity index (χ0v) is 18.6. The fourth-order valence-corrected chi connectivity index (χ4v) is 4.19. The molecular weight excluding hydrogens is 421 g/mol. The molecule has 0 bridgehead atoms. The van der Waals surface area contributed by atoms with Crippen molar-refractivity contribution in [2.75, 3.05) is 25.4 Å². The summed E-state index contributed by atoms with van der Waals surface area (Å²) >= 11 is 0. The Morgan fingerprint density at radius 2 is 2.03 bits per heavy atom. The van der Waals surface area contributed by atoms with Gasteiger partial charge in [-0.05, 0) is 60.7 Å². The number of nitrogens with two attached hydrogens (primary N) is 1. The lowest BCUT2D eigenvalue weighted by molar-refractivity contribution is 0.0632. The molecule has 1 aromatic heterocycles. The number of benzene rings is 2. The van der Waals surface area contributed by atoms with Crippen molar-refractivity contribution in [1.82, 2.24) is 9.88 Å². The van der Waals surface area contributed by atoms with E-state index in [-0.39, 0.29) is 23.4 Å². The number of likely N-dealkylation sites (tertiary alicyclic amines) is 1. The number of carbonyl (C=O) groups is 1. The van der Waals surface area contributed by atoms with Crippen LogP contribution in [-0.4, -0.2) is 40.6 Å². The molecule has 3 N–H and O–H groups in total. The van der Waals surface area contributed by atoms with Crippen molar-refractivity contribution in [2.24, 2.45) is 5.92 Å². The number of ether oxygens (including phenoxy) is 1. The fraction of sp³-hybridized carbons (Fsp3) is 0.308. The van der Waals surface area contributed by atoms with Gasteiger partial charge in [-0.15, -0.1) is 0 Å². The highest BCUT2D eigenvalue weighted by Crippen LogP contribution is 2.36. The molecule has 1 amide bonds. The molecule has 4 rings (SSSR count). The lowest BCUT2D eigenvalue weighted by Gasteiger charge is -2.33. The number of halogens is 1. The van der Waals surface area contributed by atoms with E-state index < -0.39 is 0 Å². The normalized spacial score (nSPS) is 15.9. The minimum atomic E-state index is -0.318. The van der Waals surface area contributed by atoms with Gasteiger partial charge in [0.2, 0.25) is 0 Å². The maximum Gasteiger partial charge on any atom is 0.255 e. The maximum atomic E-state index is 13.3. The maximum absolute atomic E-state index is 13.3. The van der Waals surface area contributed by atoms with Gasteiger partial charge in [-0.2, -0.15) is 0 Å². The highest BCUT2D eigenvalue weighted by molar-refractivity contribution is 5.94. The van der Waals surface area contributed by atoms with Crippen molar-refractivity contribution in [1.29, 1.82) is 0 Å². The van der Waals surface area contributed by atoms with E-state index in [1.807, 2.05) is 17.9 Å². The summed E-state index contributed by atoms with van der Waals surface area (Å²) < 4.78 is 19.4. The van der Waals surface area contributed by atoms with Crippen LogP contribution >= 0.6 is 0 Å². The Morgan fingerprint density at radius 1 is 1.24 bits per heavy atom. The number of hydrogen-bond donors (Lipinski definition) is 2. The third kappa shape index (κ3) is 5.25. The monoisotopic (exact) mass is 449 g/mol. The van der Waals surface area contributed by atoms with Crippen LogP contribution in [0.5, 0.6) is 11.5 Å². The SMILES string of the molecule is CCc1cc(-c2ccc(F)cc2)c(O)cc1OCC1CCCN(C(=O)c2ccc(N)nc2)C1. The second-order valence-electron chi connectivity index (χ2n) is 8.38. The number of aromatic nitrogens is 1. The van der Waals surface area contributed by atoms with Crippen LogP contribution in [0.3, 0.4) is 0 Å². The first-order chi connectivity index (χ1) is 15.9. The molecule has 0 spiro atoms. The molecule has 7 heteroatoms. The Bertz CT molecular complexity index is 1120. The van der Waals surface area contributed by atoms with Crippen LogP contribution < -0.4 is 10.5 Å². The number of aromatic hydroxyl groups is 1. The number of rotatable bonds is 6. The minimum absolute atomic E-state index is 0.0530. The van der Waals surface area contributed by atoms with Crippen LogP contribution in [0.4, 0.5) is 10.2 Å². The van der Waals surface area contributed by atoms with Crippen LogP contribution in [0.1, 0.15) is 35.7 Å². The van der Waals surface area contributed by atoms with Gasteiger partial charge < -0.3 is 20.5 Å². The van der Waals surface area contributed by atoms with Gasteiger partial charge in [0.1, 0.15) is 23.1 Å². The minimum Gasteiger partial charge on any atom is -0.507 e. The lowest BCUT2D eigenvalue weighted by Crippen LogP contribution is -2.41. The zero-order chi connectivity index (χ0) is 23.4. The second kappa shape index (κ2) is 9.90. The quantitative estimate of drug-likeness (QED) is 0.571. The number of aryl methyl sites for hydroxylation is 1. The predicted octanol–water partition coefficient (Wildman–Crippen LogP) is 4.67. The predicted molar refractivity (Wildman–Crippen MR) is 126 cm³/mol. The summed E-state index contributed by atoms with van der Waals surface area (Å²) in [4.78, 5) is 18.7. The van der Waals surface area contributed by atoms with E-state index in [4.69, 9.17) is 10.5 Å². The molecule has 2 heterocycles. The smallest absolute Gasteiger partial charge is 0.255 e. The van der Waals surface area contributed by atoms with Crippen LogP contribution in [-0.2, 0) is 6.42 Å². The molecular formula is C26H28FN3O3. The van der Waals surface area contributed by atoms with E-state index in [2.05, 4.69) is 4.98 Å². The standard InChI is InChI=1S/C26H28FN3O3/c1-2-18-12-22(19-5-8-21(27)9-6-19)23(31)13-24(18)33-16-17-4-3-11-30(15-17)26(32)20-7-10-25(28)29-14-20/h5-10,12-14,17,31H,2-4,11,15-16H2,1H3,(H2,28,29). The first-order valence-corrected chi connectivity index (χ1v) is 11.2. The molecule has 1 aliphatic rings. The number of phenolic OH excluding ortho intramolecular Hbond substituents is 1. The summed E-state index contributed by atoms with van der Waals surface area (Å²) in [7, 11) is 0. The first-order valence-electron chi connectivity index (χ1n) is 11.2. The molecule has 1 fully saturated rings. The molecule has 3 aromatic rings. The second-order valence-corrected chi connectivity index (χ2v) is 8.38. The van der Waals surface area contributed by atoms with Crippen LogP contribution in [0.25, 0.3) is 11.1 Å². The number of amides is 1. The van der Waals surface area contributed by atoms with Crippen molar-refractivity contribution < 1.29 is 19.0 Å². The zero-order valence-electron chi connectivity index (χ0n) is 18.6. The average molecular weight is 450 g/mol. The Morgan fingerprint density at radius 3 is 2.73 bits per heavy atom. The van der Waals surface area contributed by atoms with Gasteiger partial charge in [0.15, 0.2) is 0 Å². The molecule has 172 valence electrons. The molecule has 0 radical (unpaired) electrons. The summed E-state index contributed by atoms with van der Waals surface area (Å²) in [6, 6.07) is 12.9. The highest BCUT2D eigenvalue weighted by atomic mass is 19.1. The van der Waals surface area contributed by atoms with E-state index in [0.717, 1.165) is 30.4 Å². The van der Waals surface area contributed by atoms with E-state index in [1.165, 1.54) is 18.3 Å². The van der Waals surface area contributed by atoms with Gasteiger partial charge in [0.25, 0.3) is 5.91 Å². The van der Waals surface area contributed by atoms with Crippen LogP contribution in [0.2, 0.25) is 0 Å². The fourth-order valence-electron chi connectivity index (χ4n) is 4.19. The molecule has 1 unspecified atom stereocenters. The Hall–Kier alpha value is -3.61. The number of hydrogen-bond acceptors (Lipinski definition) is 5. The van der Waals surface area contributed by atoms with Gasteiger partial charge in [0, 0.05) is 36.8 Å². The number of piperidine rings is 1. The molecule has 33 heavy (non-hydrogen) atoms. The number of anilines is 1. The first kappa shape index (κ1) is 22.6. The average Bonchev–Trinajstić information content (AvgIpc) is 2.83. The van der Waals surface area contributed by atoms with Crippen molar-refractivity contribution in [3.8, 4) is 22.6 Å². The summed E-state index contributed by atoms with van der Waals surface area (Å²) in [6.07, 6.45) is 4.10. The lowest BCUT2D eigenvalue weighted by atomic mass is 9.98. The number of pyridine rings is 1. The third-order valence-electron chi connectivity index (χ3n) is 6.03. The van der Waals surface area contributed by atoms with Crippen molar-refractivity contribution in [2.45, 2.75) is 26.2 Å². The largest absolute Gasteiger partial charge is 0.507 e. The Balaban J connectivity index is 1.43. The number of nitrogen functional groups attached to an aromatic ring is 1. The van der Waals surface area contributed by atoms with Crippen molar-refractivity contribution in [3.63, 3.8) is 0 Å². The molecule has 0 saturated carbocycles. The summed E-state index contributed by atoms with van der Waals surface area (Å²) in [5.41, 5.74) is 8.50. The highest BCUT2D eigenvalue weighted by Gasteiger charge is 2.25. The van der Waals surface area contributed by atoms with Crippen molar-refractivity contribution in [3.05, 3.63) is 71.7 Å². The number of phenols is 1. The van der Waals surface area contributed by atoms with Crippen molar-refractivity contribution >= 4 is 11.7 Å². The Labute approximate surface area is 192 Å². The molecule has 1 atom stereocenters. The van der Waals surface area contributed by atoms with E-state index in [1.54, 1.807) is 30.3 Å². The number of nitrogens with zero attached hydrogens (tertiary/aromatic N) is 2. The molecule has 1 aliphatic heterocycles. The van der Waals surface area contributed by atoms with E-state index in [0.29, 0.717) is 42.4 Å².